The normalized spacial score (nSPS) is 54.6. The van der Waals surface area contributed by atoms with E-state index in [0.29, 0.717) is 12.1 Å². The van der Waals surface area contributed by atoms with Crippen LogP contribution in [-0.4, -0.2) is 42.0 Å². The summed E-state index contributed by atoms with van der Waals surface area (Å²) in [6.07, 6.45) is 1.78. The van der Waals surface area contributed by atoms with Crippen molar-refractivity contribution in [2.24, 2.45) is 0 Å². The molecule has 0 radical (unpaired) electrons. The zero-order valence-electron chi connectivity index (χ0n) is 9.78. The molecule has 0 aromatic carbocycles. The van der Waals surface area contributed by atoms with Crippen LogP contribution in [0.1, 0.15) is 34.1 Å². The van der Waals surface area contributed by atoms with Crippen molar-refractivity contribution in [3.63, 3.8) is 0 Å². The monoisotopic (exact) mass is 199 g/mol. The number of likely N-dealkylation sites (N-methyl/N-ethyl adjacent to an activating group) is 1. The van der Waals surface area contributed by atoms with Gasteiger partial charge >= 0.3 is 0 Å². The Morgan fingerprint density at radius 3 is 2.57 bits per heavy atom. The maximum atomic E-state index is 6.05. The first kappa shape index (κ1) is 10.4. The summed E-state index contributed by atoms with van der Waals surface area (Å²) in [5.41, 5.74) is -0.0226. The van der Waals surface area contributed by atoms with Gasteiger partial charge in [-0.2, -0.15) is 0 Å². The van der Waals surface area contributed by atoms with E-state index in [1.165, 1.54) is 0 Å². The first-order valence-electron chi connectivity index (χ1n) is 5.49. The van der Waals surface area contributed by atoms with Crippen molar-refractivity contribution in [3.05, 3.63) is 0 Å². The van der Waals surface area contributed by atoms with E-state index in [-0.39, 0.29) is 17.9 Å². The largest absolute Gasteiger partial charge is 0.374 e. The second-order valence-corrected chi connectivity index (χ2v) is 5.00. The van der Waals surface area contributed by atoms with Crippen LogP contribution in [0.15, 0.2) is 0 Å². The van der Waals surface area contributed by atoms with Crippen molar-refractivity contribution in [3.8, 4) is 0 Å². The number of hydrogen-bond acceptors (Lipinski definition) is 3. The van der Waals surface area contributed by atoms with Gasteiger partial charge in [-0.1, -0.05) is 0 Å². The van der Waals surface area contributed by atoms with E-state index in [2.05, 4.69) is 39.6 Å². The SMILES string of the molecule is CC1CC2(C)OC(C)N(C)C2C(C)O1. The quantitative estimate of drug-likeness (QED) is 0.592. The minimum absolute atomic E-state index is 0.0226. The van der Waals surface area contributed by atoms with E-state index in [0.717, 1.165) is 6.42 Å². The predicted octanol–water partition coefficient (Wildman–Crippen LogP) is 1.62. The van der Waals surface area contributed by atoms with Crippen molar-refractivity contribution in [1.29, 1.82) is 0 Å². The molecule has 0 N–H and O–H groups in total. The van der Waals surface area contributed by atoms with Crippen LogP contribution < -0.4 is 0 Å². The molecule has 0 aromatic rings. The Labute approximate surface area is 86.4 Å². The fourth-order valence-electron chi connectivity index (χ4n) is 3.26. The van der Waals surface area contributed by atoms with E-state index >= 15 is 0 Å². The second kappa shape index (κ2) is 3.19. The molecule has 3 nitrogen and oxygen atoms in total. The molecule has 2 aliphatic rings. The fourth-order valence-corrected chi connectivity index (χ4v) is 3.26. The van der Waals surface area contributed by atoms with Crippen LogP contribution in [-0.2, 0) is 9.47 Å². The second-order valence-electron chi connectivity index (χ2n) is 5.00. The maximum absolute atomic E-state index is 6.05. The van der Waals surface area contributed by atoms with Crippen LogP contribution >= 0.6 is 0 Å². The molecule has 0 aromatic heterocycles. The summed E-state index contributed by atoms with van der Waals surface area (Å²) in [6.45, 7) is 8.61. The Morgan fingerprint density at radius 2 is 1.93 bits per heavy atom. The van der Waals surface area contributed by atoms with Gasteiger partial charge < -0.3 is 9.47 Å². The van der Waals surface area contributed by atoms with Crippen molar-refractivity contribution in [2.45, 2.75) is 64.2 Å². The minimum atomic E-state index is -0.0226. The van der Waals surface area contributed by atoms with Gasteiger partial charge in [0.25, 0.3) is 0 Å². The van der Waals surface area contributed by atoms with E-state index in [1.54, 1.807) is 0 Å². The van der Waals surface area contributed by atoms with Crippen molar-refractivity contribution in [2.75, 3.05) is 7.05 Å². The molecule has 82 valence electrons. The molecule has 5 atom stereocenters. The Kier molecular flexibility index (Phi) is 2.37. The van der Waals surface area contributed by atoms with Crippen LogP contribution in [0.2, 0.25) is 0 Å². The van der Waals surface area contributed by atoms with Gasteiger partial charge in [0.15, 0.2) is 0 Å². The summed E-state index contributed by atoms with van der Waals surface area (Å²) in [4.78, 5) is 2.29. The maximum Gasteiger partial charge on any atom is 0.108 e. The third-order valence-electron chi connectivity index (χ3n) is 3.66. The Balaban J connectivity index is 2.25. The molecule has 2 aliphatic heterocycles. The molecule has 0 saturated carbocycles. The highest BCUT2D eigenvalue weighted by Crippen LogP contribution is 2.41. The van der Waals surface area contributed by atoms with Crippen LogP contribution in [0, 0.1) is 0 Å². The predicted molar refractivity (Wildman–Crippen MR) is 55.1 cm³/mol. The van der Waals surface area contributed by atoms with E-state index in [1.807, 2.05) is 0 Å². The highest BCUT2D eigenvalue weighted by atomic mass is 16.6. The summed E-state index contributed by atoms with van der Waals surface area (Å²) in [7, 11) is 2.12. The molecular formula is C11H21NO2. The topological polar surface area (TPSA) is 21.7 Å². The summed E-state index contributed by atoms with van der Waals surface area (Å²) < 4.78 is 11.9. The minimum Gasteiger partial charge on any atom is -0.374 e. The third-order valence-corrected chi connectivity index (χ3v) is 3.66. The third kappa shape index (κ3) is 1.38. The highest BCUT2D eigenvalue weighted by Gasteiger charge is 2.53. The number of fused-ring (bicyclic) bond motifs is 1. The van der Waals surface area contributed by atoms with Gasteiger partial charge in [0.2, 0.25) is 0 Å². The number of ether oxygens (including phenoxy) is 2. The molecule has 14 heavy (non-hydrogen) atoms. The summed E-state index contributed by atoms with van der Waals surface area (Å²) in [5.74, 6) is 0. The molecule has 2 fully saturated rings. The van der Waals surface area contributed by atoms with Gasteiger partial charge in [0.1, 0.15) is 6.23 Å². The lowest BCUT2D eigenvalue weighted by Crippen LogP contribution is -2.56. The molecule has 2 heterocycles. The average Bonchev–Trinajstić information content (AvgIpc) is 2.21. The van der Waals surface area contributed by atoms with Gasteiger partial charge in [0.05, 0.1) is 23.9 Å². The first-order valence-corrected chi connectivity index (χ1v) is 5.49. The number of nitrogens with zero attached hydrogens (tertiary/aromatic N) is 1. The highest BCUT2D eigenvalue weighted by molar-refractivity contribution is 5.03. The van der Waals surface area contributed by atoms with Gasteiger partial charge in [0, 0.05) is 6.42 Å². The van der Waals surface area contributed by atoms with Crippen LogP contribution in [0.5, 0.6) is 0 Å². The fraction of sp³-hybridized carbons (Fsp3) is 1.00. The molecule has 0 spiro atoms. The van der Waals surface area contributed by atoms with E-state index in [4.69, 9.17) is 9.47 Å². The Bertz CT molecular complexity index is 229. The van der Waals surface area contributed by atoms with Crippen molar-refractivity contribution >= 4 is 0 Å². The molecule has 0 amide bonds. The zero-order chi connectivity index (χ0) is 10.5. The summed E-state index contributed by atoms with van der Waals surface area (Å²) in [6, 6.07) is 0.397. The number of rotatable bonds is 0. The van der Waals surface area contributed by atoms with Crippen LogP contribution in [0.4, 0.5) is 0 Å². The molecule has 3 heteroatoms. The van der Waals surface area contributed by atoms with Crippen molar-refractivity contribution < 1.29 is 9.47 Å². The molecule has 0 aliphatic carbocycles. The molecular weight excluding hydrogens is 178 g/mol. The Morgan fingerprint density at radius 1 is 1.29 bits per heavy atom. The molecule has 2 rings (SSSR count). The zero-order valence-corrected chi connectivity index (χ0v) is 9.78. The van der Waals surface area contributed by atoms with Gasteiger partial charge in [-0.3, -0.25) is 4.90 Å². The summed E-state index contributed by atoms with van der Waals surface area (Å²) >= 11 is 0. The van der Waals surface area contributed by atoms with Crippen LogP contribution in [0.3, 0.4) is 0 Å². The lowest BCUT2D eigenvalue weighted by atomic mass is 9.84. The first-order chi connectivity index (χ1) is 6.44. The Hall–Kier alpha value is -0.120. The van der Waals surface area contributed by atoms with Crippen LogP contribution in [0.25, 0.3) is 0 Å². The molecule has 5 unspecified atom stereocenters. The smallest absolute Gasteiger partial charge is 0.108 e. The lowest BCUT2D eigenvalue weighted by Gasteiger charge is -2.43. The number of hydrogen-bond donors (Lipinski definition) is 0. The van der Waals surface area contributed by atoms with Gasteiger partial charge in [-0.15, -0.1) is 0 Å². The molecule has 2 saturated heterocycles. The standard InChI is InChI=1S/C11H21NO2/c1-7-6-11(4)10(8(2)13-7)12(5)9(3)14-11/h7-10H,6H2,1-5H3. The average molecular weight is 199 g/mol. The van der Waals surface area contributed by atoms with E-state index in [9.17, 15) is 0 Å². The van der Waals surface area contributed by atoms with Crippen molar-refractivity contribution in [1.82, 2.24) is 4.90 Å². The van der Waals surface area contributed by atoms with E-state index < -0.39 is 0 Å². The summed E-state index contributed by atoms with van der Waals surface area (Å²) in [5, 5.41) is 0. The van der Waals surface area contributed by atoms with Gasteiger partial charge in [-0.25, -0.2) is 0 Å². The van der Waals surface area contributed by atoms with Gasteiger partial charge in [-0.05, 0) is 34.7 Å². The lowest BCUT2D eigenvalue weighted by molar-refractivity contribution is -0.139. The molecule has 0 bridgehead atoms.